The van der Waals surface area contributed by atoms with Gasteiger partial charge in [0.25, 0.3) is 10.2 Å². The van der Waals surface area contributed by atoms with E-state index in [-0.39, 0.29) is 30.3 Å². The molecule has 2 fully saturated rings. The molecule has 0 aromatic carbocycles. The van der Waals surface area contributed by atoms with Crippen LogP contribution in [0.15, 0.2) is 18.6 Å². The Morgan fingerprint density at radius 2 is 2.03 bits per heavy atom. The van der Waals surface area contributed by atoms with E-state index in [1.54, 1.807) is 17.7 Å². The lowest BCUT2D eigenvalue weighted by molar-refractivity contribution is -0.119. The summed E-state index contributed by atoms with van der Waals surface area (Å²) in [5, 5.41) is 9.76. The van der Waals surface area contributed by atoms with E-state index >= 15 is 0 Å². The van der Waals surface area contributed by atoms with Crippen LogP contribution >= 0.6 is 0 Å². The van der Waals surface area contributed by atoms with Crippen molar-refractivity contribution >= 4 is 32.8 Å². The smallest absolute Gasteiger partial charge is 0.282 e. The number of unbranched alkanes of at least 4 members (excludes halogenated alkanes) is 2. The van der Waals surface area contributed by atoms with Crippen LogP contribution in [0.1, 0.15) is 58.3 Å². The summed E-state index contributed by atoms with van der Waals surface area (Å²) < 4.78 is 30.3. The SMILES string of the molecule is C[C@@H](CCCCCC(=O)CCO)CN(C)S(=O)(=O)N1CCN(c2ncnc3[nH]ccc23)CC12CC2. The van der Waals surface area contributed by atoms with Crippen molar-refractivity contribution in [1.82, 2.24) is 23.6 Å². The van der Waals surface area contributed by atoms with Gasteiger partial charge in [-0.25, -0.2) is 9.97 Å². The number of H-pyrrole nitrogens is 1. The summed E-state index contributed by atoms with van der Waals surface area (Å²) in [6, 6.07) is 1.97. The van der Waals surface area contributed by atoms with Crippen LogP contribution in [-0.4, -0.2) is 88.2 Å². The van der Waals surface area contributed by atoms with Gasteiger partial charge >= 0.3 is 0 Å². The first kappa shape index (κ1) is 26.0. The largest absolute Gasteiger partial charge is 0.396 e. The maximum absolute atomic E-state index is 13.5. The lowest BCUT2D eigenvalue weighted by atomic mass is 10.0. The highest BCUT2D eigenvalue weighted by Gasteiger charge is 2.56. The molecule has 2 aromatic rings. The number of hydrogen-bond donors (Lipinski definition) is 2. The summed E-state index contributed by atoms with van der Waals surface area (Å²) in [5.74, 6) is 1.21. The van der Waals surface area contributed by atoms with Gasteiger partial charge in [0, 0.05) is 58.9 Å². The minimum absolute atomic E-state index is 0.0789. The number of piperazine rings is 1. The fourth-order valence-corrected chi connectivity index (χ4v) is 7.02. The third-order valence-electron chi connectivity index (χ3n) is 7.33. The van der Waals surface area contributed by atoms with E-state index < -0.39 is 10.2 Å². The molecule has 2 aromatic heterocycles. The monoisotopic (exact) mass is 506 g/mol. The predicted octanol–water partition coefficient (Wildman–Crippen LogP) is 2.33. The Balaban J connectivity index is 1.30. The van der Waals surface area contributed by atoms with E-state index in [0.29, 0.717) is 32.6 Å². The molecule has 10 nitrogen and oxygen atoms in total. The van der Waals surface area contributed by atoms with Gasteiger partial charge in [-0.15, -0.1) is 0 Å². The van der Waals surface area contributed by atoms with Gasteiger partial charge in [0.05, 0.1) is 10.9 Å². The molecular weight excluding hydrogens is 468 g/mol. The number of Topliss-reactive ketones (excluding diaryl/α,β-unsaturated/α-hetero) is 1. The number of aromatic amines is 1. The summed E-state index contributed by atoms with van der Waals surface area (Å²) in [7, 11) is -1.87. The molecule has 0 amide bonds. The Morgan fingerprint density at radius 1 is 1.23 bits per heavy atom. The summed E-state index contributed by atoms with van der Waals surface area (Å²) in [6.07, 6.45) is 9.55. The van der Waals surface area contributed by atoms with Crippen molar-refractivity contribution in [3.8, 4) is 0 Å². The van der Waals surface area contributed by atoms with Crippen LogP contribution in [-0.2, 0) is 15.0 Å². The highest BCUT2D eigenvalue weighted by molar-refractivity contribution is 7.86. The fraction of sp³-hybridized carbons (Fsp3) is 0.708. The summed E-state index contributed by atoms with van der Waals surface area (Å²) in [4.78, 5) is 25.6. The Kier molecular flexibility index (Phi) is 8.09. The zero-order chi connectivity index (χ0) is 25.1. The number of aromatic nitrogens is 3. The van der Waals surface area contributed by atoms with Crippen molar-refractivity contribution in [3.05, 3.63) is 18.6 Å². The number of hydrogen-bond acceptors (Lipinski definition) is 7. The normalized spacial score (nSPS) is 19.0. The summed E-state index contributed by atoms with van der Waals surface area (Å²) in [6.45, 7) is 4.17. The Labute approximate surface area is 207 Å². The van der Waals surface area contributed by atoms with Crippen molar-refractivity contribution < 1.29 is 18.3 Å². The molecule has 4 rings (SSSR count). The molecule has 1 aliphatic carbocycles. The maximum atomic E-state index is 13.5. The second-order valence-electron chi connectivity index (χ2n) is 10.2. The number of anilines is 1. The minimum atomic E-state index is -3.56. The molecule has 1 saturated carbocycles. The van der Waals surface area contributed by atoms with E-state index in [1.807, 2.05) is 12.3 Å². The Morgan fingerprint density at radius 3 is 2.77 bits per heavy atom. The highest BCUT2D eigenvalue weighted by Crippen LogP contribution is 2.47. The first-order chi connectivity index (χ1) is 16.8. The highest BCUT2D eigenvalue weighted by atomic mass is 32.2. The molecule has 0 unspecified atom stereocenters. The van der Waals surface area contributed by atoms with Gasteiger partial charge in [-0.1, -0.05) is 19.8 Å². The molecule has 1 aliphatic heterocycles. The topological polar surface area (TPSA) is 123 Å². The third-order valence-corrected chi connectivity index (χ3v) is 9.39. The number of fused-ring (bicyclic) bond motifs is 1. The number of nitrogens with zero attached hydrogens (tertiary/aromatic N) is 5. The van der Waals surface area contributed by atoms with E-state index in [9.17, 15) is 13.2 Å². The minimum Gasteiger partial charge on any atom is -0.396 e. The van der Waals surface area contributed by atoms with Crippen molar-refractivity contribution in [1.29, 1.82) is 0 Å². The van der Waals surface area contributed by atoms with Gasteiger partial charge in [-0.05, 0) is 37.7 Å². The Hall–Kier alpha value is -2.08. The zero-order valence-electron chi connectivity index (χ0n) is 20.8. The van der Waals surface area contributed by atoms with Gasteiger partial charge in [-0.3, -0.25) is 4.79 Å². The van der Waals surface area contributed by atoms with Crippen LogP contribution in [0.4, 0.5) is 5.82 Å². The molecule has 194 valence electrons. The zero-order valence-corrected chi connectivity index (χ0v) is 21.6. The quantitative estimate of drug-likeness (QED) is 0.400. The van der Waals surface area contributed by atoms with Crippen LogP contribution < -0.4 is 4.90 Å². The van der Waals surface area contributed by atoms with Gasteiger partial charge < -0.3 is 15.0 Å². The second-order valence-corrected chi connectivity index (χ2v) is 12.1. The average molecular weight is 507 g/mol. The van der Waals surface area contributed by atoms with Crippen LogP contribution in [0.3, 0.4) is 0 Å². The van der Waals surface area contributed by atoms with Crippen LogP contribution in [0, 0.1) is 5.92 Å². The second kappa shape index (κ2) is 10.9. The molecule has 0 radical (unpaired) electrons. The molecule has 2 aliphatic rings. The molecule has 2 N–H and O–H groups in total. The molecule has 11 heteroatoms. The van der Waals surface area contributed by atoms with Crippen LogP contribution in [0.2, 0.25) is 0 Å². The molecule has 3 heterocycles. The van der Waals surface area contributed by atoms with Crippen molar-refractivity contribution in [2.75, 3.05) is 44.7 Å². The van der Waals surface area contributed by atoms with Gasteiger partial charge in [0.1, 0.15) is 23.6 Å². The molecule has 1 saturated heterocycles. The summed E-state index contributed by atoms with van der Waals surface area (Å²) >= 11 is 0. The number of rotatable bonds is 13. The Bertz CT molecular complexity index is 1120. The lowest BCUT2D eigenvalue weighted by Gasteiger charge is -2.43. The molecular formula is C24H38N6O4S. The van der Waals surface area contributed by atoms with Crippen LogP contribution in [0.5, 0.6) is 0 Å². The number of aliphatic hydroxyl groups is 1. The van der Waals surface area contributed by atoms with Crippen molar-refractivity contribution in [2.45, 2.75) is 63.8 Å². The van der Waals surface area contributed by atoms with E-state index in [2.05, 4.69) is 26.8 Å². The number of aliphatic hydroxyl groups excluding tert-OH is 1. The van der Waals surface area contributed by atoms with E-state index in [1.165, 1.54) is 4.31 Å². The van der Waals surface area contributed by atoms with E-state index in [0.717, 1.165) is 55.4 Å². The number of ketones is 1. The van der Waals surface area contributed by atoms with Gasteiger partial charge in [-0.2, -0.15) is 17.0 Å². The maximum Gasteiger partial charge on any atom is 0.282 e. The number of carbonyl (C=O) groups excluding carboxylic acids is 1. The van der Waals surface area contributed by atoms with Crippen molar-refractivity contribution in [3.63, 3.8) is 0 Å². The van der Waals surface area contributed by atoms with Gasteiger partial charge in [0.2, 0.25) is 0 Å². The van der Waals surface area contributed by atoms with E-state index in [4.69, 9.17) is 5.11 Å². The standard InChI is InChI=1S/C24H38N6O4S/c1-19(6-4-3-5-7-20(32)9-15-31)16-28(2)35(33,34)30-14-13-29(17-24(30)10-11-24)23-21-8-12-25-22(21)26-18-27-23/h8,12,18-19,31H,3-7,9-11,13-17H2,1-2H3,(H,25,26,27)/t19-/m0/s1. The number of carbonyl (C=O) groups is 1. The number of nitrogens with one attached hydrogen (secondary N) is 1. The summed E-state index contributed by atoms with van der Waals surface area (Å²) in [5.41, 5.74) is 0.434. The molecule has 1 spiro atoms. The first-order valence-electron chi connectivity index (χ1n) is 12.7. The first-order valence-corrected chi connectivity index (χ1v) is 14.1. The molecule has 1 atom stereocenters. The molecule has 35 heavy (non-hydrogen) atoms. The van der Waals surface area contributed by atoms with Gasteiger partial charge in [0.15, 0.2) is 0 Å². The van der Waals surface area contributed by atoms with Crippen LogP contribution in [0.25, 0.3) is 11.0 Å². The average Bonchev–Trinajstić information content (AvgIpc) is 3.39. The van der Waals surface area contributed by atoms with Crippen molar-refractivity contribution in [2.24, 2.45) is 5.92 Å². The predicted molar refractivity (Wildman–Crippen MR) is 135 cm³/mol. The lowest BCUT2D eigenvalue weighted by Crippen LogP contribution is -2.60. The molecule has 0 bridgehead atoms. The third kappa shape index (κ3) is 5.84. The fourth-order valence-electron chi connectivity index (χ4n) is 5.20.